The molecule has 1 aromatic carbocycles. The van der Waals surface area contributed by atoms with Gasteiger partial charge in [0.25, 0.3) is 0 Å². The van der Waals surface area contributed by atoms with Crippen LogP contribution in [0.1, 0.15) is 27.9 Å². The lowest BCUT2D eigenvalue weighted by Crippen LogP contribution is -2.39. The first kappa shape index (κ1) is 19.4. The van der Waals surface area contributed by atoms with Crippen molar-refractivity contribution in [2.24, 2.45) is 5.73 Å². The number of hydrogen-bond acceptors (Lipinski definition) is 7. The van der Waals surface area contributed by atoms with Crippen LogP contribution in [0.4, 0.5) is 21.0 Å². The molecule has 7 nitrogen and oxygen atoms in total. The monoisotopic (exact) mass is 399 g/mol. The zero-order chi connectivity index (χ0) is 20.4. The highest BCUT2D eigenvalue weighted by Gasteiger charge is 2.27. The summed E-state index contributed by atoms with van der Waals surface area (Å²) in [6.45, 7) is 3.38. The normalized spacial score (nSPS) is 11.8. The maximum Gasteiger partial charge on any atom is 0.240 e. The smallest absolute Gasteiger partial charge is 0.240 e. The second kappa shape index (κ2) is 7.73. The minimum Gasteiger partial charge on any atom is -0.382 e. The highest BCUT2D eigenvalue weighted by atomic mass is 32.1. The summed E-state index contributed by atoms with van der Waals surface area (Å²) in [6.07, 6.45) is 1.54. The van der Waals surface area contributed by atoms with E-state index in [4.69, 9.17) is 11.5 Å². The number of aromatic nitrogens is 2. The predicted octanol–water partition coefficient (Wildman–Crippen LogP) is 2.81. The minimum absolute atomic E-state index is 0.0447. The van der Waals surface area contributed by atoms with E-state index < -0.39 is 17.8 Å². The maximum absolute atomic E-state index is 13.3. The van der Waals surface area contributed by atoms with Gasteiger partial charge in [-0.3, -0.25) is 14.6 Å². The summed E-state index contributed by atoms with van der Waals surface area (Å²) in [5, 5.41) is 0.310. The standard InChI is InChI=1S/C19H18FN5O2S/c1-10-9-12(7-8-23-10)15(26)16-17(21)24-19(28-16)25(11(2)18(22)27)14-5-3-13(20)4-6-14/h3-9,11H,21H2,1-2H3,(H2,22,27). The Morgan fingerprint density at radius 3 is 2.50 bits per heavy atom. The third-order valence-corrected chi connectivity index (χ3v) is 5.19. The van der Waals surface area contributed by atoms with E-state index in [1.165, 1.54) is 29.2 Å². The van der Waals surface area contributed by atoms with Crippen molar-refractivity contribution in [1.82, 2.24) is 9.97 Å². The highest BCUT2D eigenvalue weighted by molar-refractivity contribution is 7.18. The van der Waals surface area contributed by atoms with Gasteiger partial charge in [0, 0.05) is 23.1 Å². The quantitative estimate of drug-likeness (QED) is 0.616. The van der Waals surface area contributed by atoms with Gasteiger partial charge in [0.15, 0.2) is 5.13 Å². The van der Waals surface area contributed by atoms with Gasteiger partial charge in [-0.05, 0) is 50.2 Å². The Kier molecular flexibility index (Phi) is 5.36. The van der Waals surface area contributed by atoms with Crippen molar-refractivity contribution in [2.45, 2.75) is 19.9 Å². The molecule has 9 heteroatoms. The Morgan fingerprint density at radius 2 is 1.89 bits per heavy atom. The second-order valence-corrected chi connectivity index (χ2v) is 7.13. The van der Waals surface area contributed by atoms with Gasteiger partial charge in [-0.2, -0.15) is 0 Å². The predicted molar refractivity (Wildman–Crippen MR) is 106 cm³/mol. The van der Waals surface area contributed by atoms with E-state index >= 15 is 0 Å². The van der Waals surface area contributed by atoms with Gasteiger partial charge in [0.1, 0.15) is 22.6 Å². The van der Waals surface area contributed by atoms with E-state index in [-0.39, 0.29) is 16.5 Å². The molecule has 1 unspecified atom stereocenters. The van der Waals surface area contributed by atoms with Crippen molar-refractivity contribution in [1.29, 1.82) is 0 Å². The van der Waals surface area contributed by atoms with Gasteiger partial charge in [-0.1, -0.05) is 11.3 Å². The number of nitrogen functional groups attached to an aromatic ring is 1. The number of primary amides is 1. The number of halogens is 1. The number of benzene rings is 1. The Morgan fingerprint density at radius 1 is 1.21 bits per heavy atom. The van der Waals surface area contributed by atoms with Crippen LogP contribution < -0.4 is 16.4 Å². The lowest BCUT2D eigenvalue weighted by Gasteiger charge is -2.26. The van der Waals surface area contributed by atoms with Crippen LogP contribution in [-0.2, 0) is 4.79 Å². The molecular formula is C19H18FN5O2S. The van der Waals surface area contributed by atoms with Crippen molar-refractivity contribution in [3.05, 3.63) is 64.5 Å². The molecule has 1 amide bonds. The van der Waals surface area contributed by atoms with Crippen LogP contribution in [0.25, 0.3) is 0 Å². The number of nitrogens with zero attached hydrogens (tertiary/aromatic N) is 3. The third-order valence-electron chi connectivity index (χ3n) is 4.12. The molecule has 0 saturated carbocycles. The van der Waals surface area contributed by atoms with Gasteiger partial charge in [-0.25, -0.2) is 9.37 Å². The minimum atomic E-state index is -0.790. The summed E-state index contributed by atoms with van der Waals surface area (Å²) >= 11 is 1.04. The van der Waals surface area contributed by atoms with Crippen LogP contribution in [-0.4, -0.2) is 27.7 Å². The number of anilines is 3. The van der Waals surface area contributed by atoms with Crippen molar-refractivity contribution in [3.63, 3.8) is 0 Å². The summed E-state index contributed by atoms with van der Waals surface area (Å²) in [5.41, 5.74) is 13.1. The first-order chi connectivity index (χ1) is 13.3. The zero-order valence-corrected chi connectivity index (χ0v) is 16.0. The van der Waals surface area contributed by atoms with E-state index in [9.17, 15) is 14.0 Å². The average molecular weight is 399 g/mol. The largest absolute Gasteiger partial charge is 0.382 e. The van der Waals surface area contributed by atoms with E-state index in [0.29, 0.717) is 22.1 Å². The van der Waals surface area contributed by atoms with Crippen LogP contribution in [0.2, 0.25) is 0 Å². The van der Waals surface area contributed by atoms with Crippen LogP contribution in [0.5, 0.6) is 0 Å². The molecule has 3 aromatic rings. The third kappa shape index (κ3) is 3.84. The lowest BCUT2D eigenvalue weighted by molar-refractivity contribution is -0.118. The number of aryl methyl sites for hydroxylation is 1. The van der Waals surface area contributed by atoms with Gasteiger partial charge in [0.2, 0.25) is 11.7 Å². The number of pyridine rings is 1. The molecule has 4 N–H and O–H groups in total. The molecule has 2 aromatic heterocycles. The molecule has 28 heavy (non-hydrogen) atoms. The Bertz CT molecular complexity index is 1040. The van der Waals surface area contributed by atoms with E-state index in [1.807, 2.05) is 0 Å². The second-order valence-electron chi connectivity index (χ2n) is 6.15. The number of thiazole rings is 1. The Labute approximate surface area is 164 Å². The van der Waals surface area contributed by atoms with Crippen LogP contribution in [0.15, 0.2) is 42.6 Å². The first-order valence-electron chi connectivity index (χ1n) is 8.35. The summed E-state index contributed by atoms with van der Waals surface area (Å²) < 4.78 is 13.3. The first-order valence-corrected chi connectivity index (χ1v) is 9.17. The van der Waals surface area contributed by atoms with Gasteiger partial charge < -0.3 is 16.4 Å². The number of carbonyl (C=O) groups excluding carboxylic acids is 2. The summed E-state index contributed by atoms with van der Waals surface area (Å²) in [5.74, 6) is -1.27. The topological polar surface area (TPSA) is 115 Å². The molecule has 0 saturated heterocycles. The lowest BCUT2D eigenvalue weighted by atomic mass is 10.1. The molecular weight excluding hydrogens is 381 g/mol. The van der Waals surface area contributed by atoms with E-state index in [2.05, 4.69) is 9.97 Å². The van der Waals surface area contributed by atoms with Gasteiger partial charge >= 0.3 is 0 Å². The van der Waals surface area contributed by atoms with Crippen molar-refractivity contribution in [3.8, 4) is 0 Å². The number of carbonyl (C=O) groups is 2. The van der Waals surface area contributed by atoms with Crippen LogP contribution in [0, 0.1) is 12.7 Å². The molecule has 1 atom stereocenters. The van der Waals surface area contributed by atoms with Gasteiger partial charge in [-0.15, -0.1) is 0 Å². The van der Waals surface area contributed by atoms with Crippen molar-refractivity contribution >= 4 is 39.7 Å². The highest BCUT2D eigenvalue weighted by Crippen LogP contribution is 2.35. The maximum atomic E-state index is 13.3. The summed E-state index contributed by atoms with van der Waals surface area (Å²) in [4.78, 5) is 34.8. The van der Waals surface area contributed by atoms with E-state index in [0.717, 1.165) is 11.3 Å². The summed E-state index contributed by atoms with van der Waals surface area (Å²) in [7, 11) is 0. The molecule has 0 aliphatic heterocycles. The van der Waals surface area contributed by atoms with Crippen molar-refractivity contribution < 1.29 is 14.0 Å². The number of ketones is 1. The molecule has 3 rings (SSSR count). The molecule has 0 spiro atoms. The summed E-state index contributed by atoms with van der Waals surface area (Å²) in [6, 6.07) is 7.99. The molecule has 0 bridgehead atoms. The molecule has 0 radical (unpaired) electrons. The fourth-order valence-electron chi connectivity index (χ4n) is 2.63. The number of rotatable bonds is 6. The Balaban J connectivity index is 2.05. The number of amides is 1. The van der Waals surface area contributed by atoms with Crippen molar-refractivity contribution in [2.75, 3.05) is 10.6 Å². The van der Waals surface area contributed by atoms with Crippen LogP contribution >= 0.6 is 11.3 Å². The molecule has 0 aliphatic carbocycles. The molecule has 2 heterocycles. The molecule has 144 valence electrons. The van der Waals surface area contributed by atoms with Crippen LogP contribution in [0.3, 0.4) is 0 Å². The Hall–Kier alpha value is -3.33. The van der Waals surface area contributed by atoms with E-state index in [1.54, 1.807) is 32.2 Å². The molecule has 0 aliphatic rings. The number of hydrogen-bond donors (Lipinski definition) is 2. The van der Waals surface area contributed by atoms with Gasteiger partial charge in [0.05, 0.1) is 0 Å². The fourth-order valence-corrected chi connectivity index (χ4v) is 3.68. The molecule has 0 fully saturated rings. The average Bonchev–Trinajstić information content (AvgIpc) is 3.04. The fraction of sp³-hybridized carbons (Fsp3) is 0.158. The SMILES string of the molecule is Cc1cc(C(=O)c2sc(N(c3ccc(F)cc3)C(C)C(N)=O)nc2N)ccn1. The zero-order valence-electron chi connectivity index (χ0n) is 15.2. The number of nitrogens with two attached hydrogens (primary N) is 2.